The van der Waals surface area contributed by atoms with E-state index in [-0.39, 0.29) is 5.41 Å². The van der Waals surface area contributed by atoms with Crippen LogP contribution >= 0.6 is 0 Å². The molecule has 0 atom stereocenters. The molecule has 20 heavy (non-hydrogen) atoms. The summed E-state index contributed by atoms with van der Waals surface area (Å²) in [6.45, 7) is 10.5. The Balaban J connectivity index is 0.000000704. The van der Waals surface area contributed by atoms with Crippen molar-refractivity contribution in [3.63, 3.8) is 0 Å². The number of ketones is 1. The number of carbonyl (C=O) groups excluding carboxylic acids is 1. The van der Waals surface area contributed by atoms with E-state index in [0.29, 0.717) is 5.78 Å². The van der Waals surface area contributed by atoms with E-state index >= 15 is 0 Å². The van der Waals surface area contributed by atoms with E-state index in [1.165, 1.54) is 29.5 Å². The van der Waals surface area contributed by atoms with Gasteiger partial charge in [0.1, 0.15) is 0 Å². The van der Waals surface area contributed by atoms with Gasteiger partial charge in [-0.15, -0.1) is 0 Å². The molecular formula is C19H28O. The number of hydrogen-bond donors (Lipinski definition) is 0. The fraction of sp³-hybridized carbons (Fsp3) is 0.632. The first-order valence-electron chi connectivity index (χ1n) is 8.17. The van der Waals surface area contributed by atoms with Crippen molar-refractivity contribution in [2.24, 2.45) is 11.3 Å². The second-order valence-corrected chi connectivity index (χ2v) is 6.52. The van der Waals surface area contributed by atoms with Gasteiger partial charge in [-0.05, 0) is 68.6 Å². The van der Waals surface area contributed by atoms with Gasteiger partial charge in [0.25, 0.3) is 0 Å². The van der Waals surface area contributed by atoms with Crippen molar-refractivity contribution < 1.29 is 4.79 Å². The van der Waals surface area contributed by atoms with Gasteiger partial charge in [-0.2, -0.15) is 0 Å². The van der Waals surface area contributed by atoms with Crippen LogP contribution < -0.4 is 0 Å². The van der Waals surface area contributed by atoms with Gasteiger partial charge in [0.05, 0.1) is 0 Å². The van der Waals surface area contributed by atoms with E-state index in [1.807, 2.05) is 13.8 Å². The quantitative estimate of drug-likeness (QED) is 0.629. The smallest absolute Gasteiger partial charge is 0.169 e. The molecule has 1 spiro atoms. The van der Waals surface area contributed by atoms with Crippen LogP contribution in [0.3, 0.4) is 0 Å². The Morgan fingerprint density at radius 3 is 2.15 bits per heavy atom. The van der Waals surface area contributed by atoms with Crippen molar-refractivity contribution in [1.82, 2.24) is 0 Å². The lowest BCUT2D eigenvalue weighted by Crippen LogP contribution is -2.32. The van der Waals surface area contributed by atoms with Crippen molar-refractivity contribution in [1.29, 1.82) is 0 Å². The van der Waals surface area contributed by atoms with Crippen LogP contribution in [-0.4, -0.2) is 5.78 Å². The Hall–Kier alpha value is -1.11. The molecule has 2 aliphatic carbocycles. The monoisotopic (exact) mass is 272 g/mol. The van der Waals surface area contributed by atoms with Crippen molar-refractivity contribution in [3.05, 3.63) is 34.4 Å². The predicted molar refractivity (Wildman–Crippen MR) is 85.4 cm³/mol. The van der Waals surface area contributed by atoms with Crippen LogP contribution in [0.5, 0.6) is 0 Å². The van der Waals surface area contributed by atoms with Crippen LogP contribution in [-0.2, 0) is 6.42 Å². The first-order chi connectivity index (χ1) is 9.53. The van der Waals surface area contributed by atoms with Gasteiger partial charge in [0.15, 0.2) is 5.78 Å². The van der Waals surface area contributed by atoms with Gasteiger partial charge < -0.3 is 0 Å². The second kappa shape index (κ2) is 5.71. The van der Waals surface area contributed by atoms with Gasteiger partial charge in [-0.25, -0.2) is 0 Å². The third kappa shape index (κ3) is 2.32. The highest BCUT2D eigenvalue weighted by molar-refractivity contribution is 6.06. The molecule has 0 bridgehead atoms. The zero-order chi connectivity index (χ0) is 14.9. The Kier molecular flexibility index (Phi) is 4.36. The van der Waals surface area contributed by atoms with Gasteiger partial charge in [-0.3, -0.25) is 4.79 Å². The molecule has 0 aromatic heterocycles. The molecule has 2 aliphatic rings. The van der Waals surface area contributed by atoms with E-state index in [0.717, 1.165) is 30.7 Å². The van der Waals surface area contributed by atoms with Crippen LogP contribution in [0.2, 0.25) is 0 Å². The topological polar surface area (TPSA) is 17.1 Å². The van der Waals surface area contributed by atoms with Crippen molar-refractivity contribution in [3.8, 4) is 0 Å². The normalized spacial score (nSPS) is 28.1. The highest BCUT2D eigenvalue weighted by Gasteiger charge is 2.47. The summed E-state index contributed by atoms with van der Waals surface area (Å²) in [6, 6.07) is 4.28. The fourth-order valence-corrected chi connectivity index (χ4v) is 3.82. The molecule has 0 saturated heterocycles. The molecule has 1 nitrogen and oxygen atoms in total. The standard InChI is InChI=1S/C17H22O.C2H6/c1-11-6-8-17(9-7-11)10-14-12(2)4-5-13(3)15(14)16(17)18;1-2/h4-5,11H,6-10H2,1-3H3;1-2H3. The van der Waals surface area contributed by atoms with E-state index in [2.05, 4.69) is 32.9 Å². The van der Waals surface area contributed by atoms with E-state index in [1.54, 1.807) is 0 Å². The van der Waals surface area contributed by atoms with Crippen LogP contribution in [0.15, 0.2) is 12.1 Å². The summed E-state index contributed by atoms with van der Waals surface area (Å²) >= 11 is 0. The lowest BCUT2D eigenvalue weighted by atomic mass is 9.68. The molecule has 3 rings (SSSR count). The number of Topliss-reactive ketones (excluding diaryl/α,β-unsaturated/α-hetero) is 1. The molecular weight excluding hydrogens is 244 g/mol. The summed E-state index contributed by atoms with van der Waals surface area (Å²) in [5, 5.41) is 0. The summed E-state index contributed by atoms with van der Waals surface area (Å²) in [5.74, 6) is 1.25. The van der Waals surface area contributed by atoms with E-state index < -0.39 is 0 Å². The lowest BCUT2D eigenvalue weighted by molar-refractivity contribution is 0.0713. The maximum atomic E-state index is 12.9. The maximum Gasteiger partial charge on any atom is 0.169 e. The Bertz CT molecular complexity index is 505. The van der Waals surface area contributed by atoms with Gasteiger partial charge >= 0.3 is 0 Å². The lowest BCUT2D eigenvalue weighted by Gasteiger charge is -2.34. The molecule has 110 valence electrons. The molecule has 0 heterocycles. The third-order valence-corrected chi connectivity index (χ3v) is 5.21. The maximum absolute atomic E-state index is 12.9. The van der Waals surface area contributed by atoms with Crippen LogP contribution in [0, 0.1) is 25.2 Å². The summed E-state index contributed by atoms with van der Waals surface area (Å²) in [5.41, 5.74) is 4.85. The van der Waals surface area contributed by atoms with E-state index in [4.69, 9.17) is 0 Å². The summed E-state index contributed by atoms with van der Waals surface area (Å²) in [6.07, 6.45) is 5.64. The fourth-order valence-electron chi connectivity index (χ4n) is 3.82. The second-order valence-electron chi connectivity index (χ2n) is 6.52. The molecule has 1 aromatic rings. The Morgan fingerprint density at radius 1 is 1.05 bits per heavy atom. The third-order valence-electron chi connectivity index (χ3n) is 5.21. The Labute approximate surface area is 123 Å². The summed E-state index contributed by atoms with van der Waals surface area (Å²) < 4.78 is 0. The van der Waals surface area contributed by atoms with Crippen molar-refractivity contribution in [2.45, 2.75) is 66.7 Å². The molecule has 0 aliphatic heterocycles. The molecule has 0 unspecified atom stereocenters. The van der Waals surface area contributed by atoms with Crippen LogP contribution in [0.25, 0.3) is 0 Å². The first-order valence-corrected chi connectivity index (χ1v) is 8.17. The predicted octanol–water partition coefficient (Wildman–Crippen LogP) is 5.26. The highest BCUT2D eigenvalue weighted by Crippen LogP contribution is 2.49. The van der Waals surface area contributed by atoms with Gasteiger partial charge in [0, 0.05) is 11.0 Å². The minimum absolute atomic E-state index is 0.0360. The first kappa shape index (κ1) is 15.3. The van der Waals surface area contributed by atoms with Gasteiger partial charge in [0.2, 0.25) is 0 Å². The summed E-state index contributed by atoms with van der Waals surface area (Å²) in [4.78, 5) is 12.9. The number of fused-ring (bicyclic) bond motifs is 1. The SMILES string of the molecule is CC.Cc1ccc(C)c2c1CC1(CCC(C)CC1)C2=O. The minimum atomic E-state index is -0.0360. The molecule has 1 aromatic carbocycles. The number of aryl methyl sites for hydroxylation is 2. The highest BCUT2D eigenvalue weighted by atomic mass is 16.1. The van der Waals surface area contributed by atoms with Crippen LogP contribution in [0.1, 0.15) is 73.5 Å². The van der Waals surface area contributed by atoms with Crippen LogP contribution in [0.4, 0.5) is 0 Å². The van der Waals surface area contributed by atoms with Gasteiger partial charge in [-0.1, -0.05) is 32.9 Å². The molecule has 0 amide bonds. The van der Waals surface area contributed by atoms with Crippen molar-refractivity contribution >= 4 is 5.78 Å². The molecule has 1 saturated carbocycles. The Morgan fingerprint density at radius 2 is 1.60 bits per heavy atom. The largest absolute Gasteiger partial charge is 0.294 e. The zero-order valence-corrected chi connectivity index (χ0v) is 13.7. The average Bonchev–Trinajstić information content (AvgIpc) is 2.75. The summed E-state index contributed by atoms with van der Waals surface area (Å²) in [7, 11) is 0. The number of hydrogen-bond acceptors (Lipinski definition) is 1. The number of carbonyl (C=O) groups is 1. The number of benzene rings is 1. The molecule has 1 fully saturated rings. The minimum Gasteiger partial charge on any atom is -0.294 e. The molecule has 0 radical (unpaired) electrons. The van der Waals surface area contributed by atoms with Crippen molar-refractivity contribution in [2.75, 3.05) is 0 Å². The molecule has 1 heteroatoms. The molecule has 0 N–H and O–H groups in total. The number of rotatable bonds is 0. The van der Waals surface area contributed by atoms with E-state index in [9.17, 15) is 4.79 Å². The average molecular weight is 272 g/mol. The zero-order valence-electron chi connectivity index (χ0n) is 13.7.